The summed E-state index contributed by atoms with van der Waals surface area (Å²) in [4.78, 5) is 66.4. The van der Waals surface area contributed by atoms with Crippen molar-refractivity contribution in [3.05, 3.63) is 84.7 Å². The lowest BCUT2D eigenvalue weighted by molar-refractivity contribution is -0.137. The van der Waals surface area contributed by atoms with Gasteiger partial charge in [-0.15, -0.1) is 12.8 Å². The number of fused-ring (bicyclic) bond motifs is 2. The van der Waals surface area contributed by atoms with Crippen molar-refractivity contribution in [1.82, 2.24) is 40.4 Å². The normalized spacial score (nSPS) is 23.5. The lowest BCUT2D eigenvalue weighted by atomic mass is 9.93. The van der Waals surface area contributed by atoms with Gasteiger partial charge in [-0.25, -0.2) is 9.97 Å². The maximum absolute atomic E-state index is 13.3. The number of methoxy groups -OCH3 is 2. The van der Waals surface area contributed by atoms with E-state index in [1.54, 1.807) is 28.4 Å². The number of hydrogen-bond donors (Lipinski definition) is 4. The van der Waals surface area contributed by atoms with Crippen molar-refractivity contribution in [1.29, 1.82) is 0 Å². The van der Waals surface area contributed by atoms with Gasteiger partial charge < -0.3 is 44.6 Å². The molecule has 5 heterocycles. The SMILES string of the molecule is C#C.CC(C)C(NC=O)C(=O)N1CCC[C@H]1c1ncc(-c2ccc3cc(-c4ccc(-c5cnc(C6CC7C([C@@H]7C)N6C=O)[nH]5)cc4)ccc3c2)[nH]1.COC.COC.C[C@@H]1CC(CNC=O)C[C@H](C)O1. The van der Waals surface area contributed by atoms with Gasteiger partial charge in [-0.1, -0.05) is 69.3 Å². The number of H-pyrrole nitrogens is 2. The molecule has 9 rings (SSSR count). The number of benzene rings is 3. The molecule has 0 spiro atoms. The quantitative estimate of drug-likeness (QED) is 0.0672. The van der Waals surface area contributed by atoms with Crippen molar-refractivity contribution in [3.63, 3.8) is 0 Å². The van der Waals surface area contributed by atoms with E-state index in [2.05, 4.69) is 129 Å². The third-order valence-corrected chi connectivity index (χ3v) is 13.3. The Labute approximate surface area is 407 Å². The number of carbonyl (C=O) groups is 4. The van der Waals surface area contributed by atoms with E-state index in [0.29, 0.717) is 49.0 Å². The number of terminal acetylenes is 1. The van der Waals surface area contributed by atoms with Gasteiger partial charge in [0.2, 0.25) is 25.1 Å². The fraction of sp³-hybridized carbons (Fsp3) is 0.481. The predicted molar refractivity (Wildman–Crippen MR) is 270 cm³/mol. The molecule has 4 fully saturated rings. The van der Waals surface area contributed by atoms with Crippen LogP contribution in [0.4, 0.5) is 0 Å². The average Bonchev–Trinajstić information content (AvgIpc) is 4.03. The number of nitrogens with one attached hydrogen (secondary N) is 4. The van der Waals surface area contributed by atoms with Gasteiger partial charge in [0.25, 0.3) is 0 Å². The van der Waals surface area contributed by atoms with Crippen molar-refractivity contribution in [2.75, 3.05) is 41.5 Å². The van der Waals surface area contributed by atoms with Crippen LogP contribution in [-0.2, 0) is 33.4 Å². The molecule has 1 saturated carbocycles. The van der Waals surface area contributed by atoms with E-state index in [4.69, 9.17) is 9.72 Å². The predicted octanol–water partition coefficient (Wildman–Crippen LogP) is 7.97. The third kappa shape index (κ3) is 13.3. The van der Waals surface area contributed by atoms with E-state index in [1.807, 2.05) is 36.0 Å². The second-order valence-corrected chi connectivity index (χ2v) is 18.7. The van der Waals surface area contributed by atoms with Crippen molar-refractivity contribution < 1.29 is 33.4 Å². The molecule has 69 heavy (non-hydrogen) atoms. The zero-order valence-electron chi connectivity index (χ0n) is 41.7. The van der Waals surface area contributed by atoms with Crippen molar-refractivity contribution in [2.24, 2.45) is 23.7 Å². The number of imidazole rings is 2. The van der Waals surface area contributed by atoms with Crippen molar-refractivity contribution in [3.8, 4) is 46.5 Å². The summed E-state index contributed by atoms with van der Waals surface area (Å²) in [5, 5.41) is 7.69. The summed E-state index contributed by atoms with van der Waals surface area (Å²) in [6.07, 6.45) is 19.6. The summed E-state index contributed by atoms with van der Waals surface area (Å²) >= 11 is 0. The van der Waals surface area contributed by atoms with Crippen molar-refractivity contribution in [2.45, 2.75) is 103 Å². The second-order valence-electron chi connectivity index (χ2n) is 18.7. The van der Waals surface area contributed by atoms with Crippen LogP contribution in [0.25, 0.3) is 44.4 Å². The van der Waals surface area contributed by atoms with E-state index in [1.165, 1.54) is 0 Å². The lowest BCUT2D eigenvalue weighted by Gasteiger charge is -2.31. The van der Waals surface area contributed by atoms with Crippen LogP contribution in [0.2, 0.25) is 0 Å². The first-order valence-corrected chi connectivity index (χ1v) is 23.8. The Kier molecular flexibility index (Phi) is 20.1. The van der Waals surface area contributed by atoms with E-state index >= 15 is 0 Å². The summed E-state index contributed by atoms with van der Waals surface area (Å²) in [5.74, 6) is 3.35. The van der Waals surface area contributed by atoms with Gasteiger partial charge >= 0.3 is 0 Å². The maximum atomic E-state index is 13.3. The summed E-state index contributed by atoms with van der Waals surface area (Å²) in [5.41, 5.74) is 6.21. The molecular weight excluding hydrogens is 873 g/mol. The highest BCUT2D eigenvalue weighted by Crippen LogP contribution is 2.56. The molecule has 1 aliphatic carbocycles. The number of likely N-dealkylation sites (tertiary alicyclic amines) is 2. The van der Waals surface area contributed by atoms with Gasteiger partial charge in [0.05, 0.1) is 48.1 Å². The van der Waals surface area contributed by atoms with Crippen LogP contribution in [0.5, 0.6) is 0 Å². The Balaban J connectivity index is 0.000000375. The summed E-state index contributed by atoms with van der Waals surface area (Å²) < 4.78 is 14.1. The zero-order valence-corrected chi connectivity index (χ0v) is 41.7. The second kappa shape index (κ2) is 25.9. The van der Waals surface area contributed by atoms with E-state index in [9.17, 15) is 19.2 Å². The molecule has 0 radical (unpaired) electrons. The fourth-order valence-corrected chi connectivity index (χ4v) is 10.1. The first-order chi connectivity index (χ1) is 33.4. The maximum Gasteiger partial charge on any atom is 0.246 e. The zero-order chi connectivity index (χ0) is 50.2. The number of piperidine rings is 1. The highest BCUT2D eigenvalue weighted by molar-refractivity contribution is 5.90. The highest BCUT2D eigenvalue weighted by Gasteiger charge is 2.59. The molecule has 5 unspecified atom stereocenters. The minimum absolute atomic E-state index is 0.00687. The lowest BCUT2D eigenvalue weighted by Crippen LogP contribution is -2.48. The van der Waals surface area contributed by atoms with Gasteiger partial charge in [0, 0.05) is 53.1 Å². The molecule has 0 bridgehead atoms. The molecule has 5 aromatic rings. The largest absolute Gasteiger partial charge is 0.388 e. The van der Waals surface area contributed by atoms with Gasteiger partial charge in [-0.05, 0) is 109 Å². The number of hydrogen-bond acceptors (Lipinski definition) is 9. The van der Waals surface area contributed by atoms with Gasteiger partial charge in [0.15, 0.2) is 0 Å². The number of amides is 4. The van der Waals surface area contributed by atoms with E-state index in [-0.39, 0.29) is 23.9 Å². The van der Waals surface area contributed by atoms with Crippen LogP contribution in [-0.4, -0.2) is 121 Å². The Bertz CT molecular complexity index is 2420. The van der Waals surface area contributed by atoms with Crippen molar-refractivity contribution >= 4 is 35.9 Å². The number of ether oxygens (including phenoxy) is 3. The van der Waals surface area contributed by atoms with Crippen LogP contribution >= 0.6 is 0 Å². The van der Waals surface area contributed by atoms with Gasteiger partial charge in [-0.2, -0.15) is 0 Å². The Morgan fingerprint density at radius 3 is 1.88 bits per heavy atom. The molecule has 370 valence electrons. The Morgan fingerprint density at radius 2 is 1.32 bits per heavy atom. The van der Waals surface area contributed by atoms with Gasteiger partial charge in [0.1, 0.15) is 17.7 Å². The third-order valence-electron chi connectivity index (χ3n) is 13.3. The van der Waals surface area contributed by atoms with Crippen LogP contribution in [0, 0.1) is 36.5 Å². The fourth-order valence-electron chi connectivity index (χ4n) is 10.1. The molecule has 4 aliphatic rings. The van der Waals surface area contributed by atoms with Crippen LogP contribution < -0.4 is 10.6 Å². The molecule has 3 aliphatic heterocycles. The van der Waals surface area contributed by atoms with Crippen LogP contribution in [0.1, 0.15) is 90.5 Å². The molecule has 3 saturated heterocycles. The van der Waals surface area contributed by atoms with Crippen LogP contribution in [0.15, 0.2) is 73.1 Å². The van der Waals surface area contributed by atoms with Crippen LogP contribution in [0.3, 0.4) is 0 Å². The molecule has 4 amide bonds. The molecular formula is C54H72N8O7. The average molecular weight is 945 g/mol. The van der Waals surface area contributed by atoms with E-state index < -0.39 is 6.04 Å². The number of nitrogens with zero attached hydrogens (tertiary/aromatic N) is 4. The number of aromatic nitrogens is 4. The number of rotatable bonds is 13. The smallest absolute Gasteiger partial charge is 0.246 e. The summed E-state index contributed by atoms with van der Waals surface area (Å²) in [6, 6.07) is 21.1. The Hall–Kier alpha value is -6.34. The number of carbonyl (C=O) groups excluding carboxylic acids is 4. The highest BCUT2D eigenvalue weighted by atomic mass is 16.5. The monoisotopic (exact) mass is 945 g/mol. The summed E-state index contributed by atoms with van der Waals surface area (Å²) in [7, 11) is 6.50. The number of aromatic amines is 2. The molecule has 9 atom stereocenters. The molecule has 2 aromatic heterocycles. The minimum Gasteiger partial charge on any atom is -0.388 e. The van der Waals surface area contributed by atoms with E-state index in [0.717, 1.165) is 108 Å². The molecule has 15 nitrogen and oxygen atoms in total. The topological polar surface area (TPSA) is 184 Å². The minimum atomic E-state index is -0.548. The summed E-state index contributed by atoms with van der Waals surface area (Å²) in [6.45, 7) is 11.7. The first-order valence-electron chi connectivity index (χ1n) is 23.8. The molecule has 15 heteroatoms. The standard InChI is InChI=1S/C39H41N7O3.C9H17NO2.2C2H6O.C2H2/c1-22(2)35(42-20-47)39(49)45-14-4-5-33(45)37-40-19-32(44-37)29-13-12-27-15-26(10-11-28(27)16-29)24-6-8-25(9-7-24)31-18-41-38(43-31)34-17-30-23(3)36(30)46(34)21-48;1-7-3-9(5-10-6-11)4-8(2)12-7;2*1-3-2;1-2/h6-13,15-16,18-23,30,33-36H,4-5,14,17H2,1-3H3,(H,40,44)(H,41,43)(H,42,47);6-9H,3-5H2,1-2H3,(H,10,11);2*1-2H3;1-2H/t23-,30?,33+,34?,35?,36?;7-,8+,9?;;;/m1..../s1. The molecule has 3 aromatic carbocycles. The molecule has 4 N–H and O–H groups in total. The van der Waals surface area contributed by atoms with Gasteiger partial charge in [-0.3, -0.25) is 19.2 Å². The first kappa shape index (κ1) is 53.6. The Morgan fingerprint density at radius 1 is 0.783 bits per heavy atom.